The molecule has 0 saturated carbocycles. The van der Waals surface area contributed by atoms with Crippen molar-refractivity contribution in [2.75, 3.05) is 6.54 Å². The van der Waals surface area contributed by atoms with Gasteiger partial charge in [0.25, 0.3) is 0 Å². The largest absolute Gasteiger partial charge is 0.480 e. The fourth-order valence-corrected chi connectivity index (χ4v) is 1.20. The summed E-state index contributed by atoms with van der Waals surface area (Å²) in [6, 6.07) is 0. The highest BCUT2D eigenvalue weighted by molar-refractivity contribution is 6.02. The van der Waals surface area contributed by atoms with E-state index in [-0.39, 0.29) is 31.2 Å². The molecule has 0 aromatic rings. The van der Waals surface area contributed by atoms with Gasteiger partial charge in [-0.2, -0.15) is 0 Å². The molecule has 1 rings (SSSR count). The Kier molecular flexibility index (Phi) is 2.57. The Bertz CT molecular complexity index is 282. The number of aliphatic carboxylic acids is 1. The van der Waals surface area contributed by atoms with Gasteiger partial charge in [-0.3, -0.25) is 19.3 Å². The van der Waals surface area contributed by atoms with Gasteiger partial charge in [0.1, 0.15) is 5.54 Å². The van der Waals surface area contributed by atoms with Crippen LogP contribution in [0.4, 0.5) is 0 Å². The Morgan fingerprint density at radius 2 is 1.93 bits per heavy atom. The third kappa shape index (κ3) is 1.90. The van der Waals surface area contributed by atoms with Gasteiger partial charge in [0.05, 0.1) is 6.54 Å². The molecule has 6 nitrogen and oxygen atoms in total. The van der Waals surface area contributed by atoms with E-state index in [0.29, 0.717) is 0 Å². The quantitative estimate of drug-likeness (QED) is 0.565. The summed E-state index contributed by atoms with van der Waals surface area (Å²) in [7, 11) is 0. The van der Waals surface area contributed by atoms with Gasteiger partial charge in [0, 0.05) is 12.8 Å². The van der Waals surface area contributed by atoms with Crippen LogP contribution in [0.3, 0.4) is 0 Å². The van der Waals surface area contributed by atoms with E-state index in [1.807, 2.05) is 0 Å². The number of carboxylic acids is 1. The third-order valence-electron chi connectivity index (χ3n) is 2.13. The van der Waals surface area contributed by atoms with E-state index in [1.165, 1.54) is 6.92 Å². The summed E-state index contributed by atoms with van der Waals surface area (Å²) in [6.07, 6.45) is 0.295. The van der Waals surface area contributed by atoms with Crippen molar-refractivity contribution in [3.05, 3.63) is 0 Å². The molecule has 2 amide bonds. The topological polar surface area (TPSA) is 101 Å². The van der Waals surface area contributed by atoms with Crippen LogP contribution >= 0.6 is 0 Å². The molecule has 0 aromatic carbocycles. The molecule has 1 fully saturated rings. The van der Waals surface area contributed by atoms with Gasteiger partial charge in [0.2, 0.25) is 11.8 Å². The second-order valence-electron chi connectivity index (χ2n) is 3.60. The maximum atomic E-state index is 11.1. The summed E-state index contributed by atoms with van der Waals surface area (Å²) >= 11 is 0. The highest BCUT2D eigenvalue weighted by Crippen LogP contribution is 2.14. The molecule has 1 heterocycles. The number of carbonyl (C=O) groups excluding carboxylic acids is 2. The molecular formula is C8H12N2O4. The van der Waals surface area contributed by atoms with E-state index in [9.17, 15) is 14.4 Å². The molecule has 3 N–H and O–H groups in total. The zero-order chi connectivity index (χ0) is 10.9. The number of nitrogens with two attached hydrogens (primary N) is 1. The minimum atomic E-state index is -1.57. The van der Waals surface area contributed by atoms with Crippen LogP contribution in [-0.2, 0) is 14.4 Å². The van der Waals surface area contributed by atoms with Gasteiger partial charge in [-0.25, -0.2) is 0 Å². The van der Waals surface area contributed by atoms with Crippen molar-refractivity contribution in [2.45, 2.75) is 25.3 Å². The average Bonchev–Trinajstić information content (AvgIpc) is 2.35. The van der Waals surface area contributed by atoms with Crippen molar-refractivity contribution < 1.29 is 19.5 Å². The van der Waals surface area contributed by atoms with Gasteiger partial charge in [-0.05, 0) is 6.92 Å². The van der Waals surface area contributed by atoms with Gasteiger partial charge >= 0.3 is 5.97 Å². The maximum Gasteiger partial charge on any atom is 0.325 e. The summed E-state index contributed by atoms with van der Waals surface area (Å²) in [5.74, 6) is -1.94. The van der Waals surface area contributed by atoms with Crippen LogP contribution in [0.15, 0.2) is 0 Å². The highest BCUT2D eigenvalue weighted by Gasteiger charge is 2.37. The van der Waals surface area contributed by atoms with E-state index in [1.54, 1.807) is 0 Å². The predicted molar refractivity (Wildman–Crippen MR) is 46.2 cm³/mol. The first-order valence-corrected chi connectivity index (χ1v) is 4.20. The number of hydrogen-bond acceptors (Lipinski definition) is 4. The van der Waals surface area contributed by atoms with Crippen molar-refractivity contribution in [2.24, 2.45) is 5.73 Å². The Labute approximate surface area is 80.7 Å². The van der Waals surface area contributed by atoms with Crippen molar-refractivity contribution in [1.82, 2.24) is 4.90 Å². The summed E-state index contributed by atoms with van der Waals surface area (Å²) in [5.41, 5.74) is 3.84. The average molecular weight is 200 g/mol. The second kappa shape index (κ2) is 3.38. The summed E-state index contributed by atoms with van der Waals surface area (Å²) < 4.78 is 0. The summed E-state index contributed by atoms with van der Waals surface area (Å²) in [6.45, 7) is 1.01. The third-order valence-corrected chi connectivity index (χ3v) is 2.13. The minimum absolute atomic E-state index is 0.147. The molecule has 1 saturated heterocycles. The molecule has 1 unspecified atom stereocenters. The number of amides is 2. The van der Waals surface area contributed by atoms with Crippen LogP contribution in [-0.4, -0.2) is 39.9 Å². The lowest BCUT2D eigenvalue weighted by atomic mass is 10.0. The standard InChI is InChI=1S/C8H12N2O4/c1-8(9,7(13)14)4-10-5(11)2-3-6(10)12/h2-4,9H2,1H3,(H,13,14). The Morgan fingerprint density at radius 3 is 2.29 bits per heavy atom. The second-order valence-corrected chi connectivity index (χ2v) is 3.60. The van der Waals surface area contributed by atoms with E-state index in [4.69, 9.17) is 10.8 Å². The first-order valence-electron chi connectivity index (χ1n) is 4.20. The first kappa shape index (κ1) is 10.6. The summed E-state index contributed by atoms with van der Waals surface area (Å²) in [5, 5.41) is 8.70. The molecular weight excluding hydrogens is 188 g/mol. The molecule has 1 atom stereocenters. The number of nitrogens with zero attached hydrogens (tertiary/aromatic N) is 1. The van der Waals surface area contributed by atoms with Gasteiger partial charge in [-0.15, -0.1) is 0 Å². The number of imide groups is 1. The molecule has 1 aliphatic heterocycles. The molecule has 0 aliphatic carbocycles. The molecule has 0 radical (unpaired) electrons. The van der Waals surface area contributed by atoms with Crippen LogP contribution in [0, 0.1) is 0 Å². The van der Waals surface area contributed by atoms with E-state index < -0.39 is 11.5 Å². The normalized spacial score (nSPS) is 21.1. The predicted octanol–water partition coefficient (Wildman–Crippen LogP) is -1.06. The van der Waals surface area contributed by atoms with Crippen molar-refractivity contribution in [1.29, 1.82) is 0 Å². The van der Waals surface area contributed by atoms with Gasteiger partial charge in [0.15, 0.2) is 0 Å². The van der Waals surface area contributed by atoms with E-state index in [2.05, 4.69) is 0 Å². The highest BCUT2D eigenvalue weighted by atomic mass is 16.4. The fourth-order valence-electron chi connectivity index (χ4n) is 1.20. The van der Waals surface area contributed by atoms with Crippen molar-refractivity contribution >= 4 is 17.8 Å². The monoisotopic (exact) mass is 200 g/mol. The lowest BCUT2D eigenvalue weighted by Gasteiger charge is -2.24. The Hall–Kier alpha value is -1.43. The molecule has 14 heavy (non-hydrogen) atoms. The van der Waals surface area contributed by atoms with Crippen LogP contribution in [0.1, 0.15) is 19.8 Å². The van der Waals surface area contributed by atoms with Crippen LogP contribution in [0.2, 0.25) is 0 Å². The van der Waals surface area contributed by atoms with E-state index >= 15 is 0 Å². The first-order chi connectivity index (χ1) is 6.34. The SMILES string of the molecule is CC(N)(CN1C(=O)CCC1=O)C(=O)O. The lowest BCUT2D eigenvalue weighted by molar-refractivity contribution is -0.146. The van der Waals surface area contributed by atoms with Gasteiger partial charge in [-0.1, -0.05) is 0 Å². The number of likely N-dealkylation sites (tertiary alicyclic amines) is 1. The Balaban J connectivity index is 2.73. The molecule has 0 spiro atoms. The molecule has 1 aliphatic rings. The minimum Gasteiger partial charge on any atom is -0.480 e. The van der Waals surface area contributed by atoms with Crippen molar-refractivity contribution in [3.8, 4) is 0 Å². The lowest BCUT2D eigenvalue weighted by Crippen LogP contribution is -2.54. The Morgan fingerprint density at radius 1 is 1.50 bits per heavy atom. The van der Waals surface area contributed by atoms with Crippen LogP contribution in [0.25, 0.3) is 0 Å². The molecule has 0 aromatic heterocycles. The van der Waals surface area contributed by atoms with E-state index in [0.717, 1.165) is 4.90 Å². The number of hydrogen-bond donors (Lipinski definition) is 2. The van der Waals surface area contributed by atoms with Gasteiger partial charge < -0.3 is 10.8 Å². The number of carbonyl (C=O) groups is 3. The van der Waals surface area contributed by atoms with Crippen molar-refractivity contribution in [3.63, 3.8) is 0 Å². The maximum absolute atomic E-state index is 11.1. The number of carboxylic acid groups (broad SMARTS) is 1. The zero-order valence-corrected chi connectivity index (χ0v) is 7.82. The fraction of sp³-hybridized carbons (Fsp3) is 0.625. The molecule has 78 valence electrons. The summed E-state index contributed by atoms with van der Waals surface area (Å²) in [4.78, 5) is 33.8. The molecule has 0 bridgehead atoms. The smallest absolute Gasteiger partial charge is 0.325 e. The zero-order valence-electron chi connectivity index (χ0n) is 7.82. The van der Waals surface area contributed by atoms with Crippen LogP contribution < -0.4 is 5.73 Å². The van der Waals surface area contributed by atoms with Crippen LogP contribution in [0.5, 0.6) is 0 Å². The molecule has 6 heteroatoms. The number of rotatable bonds is 3.